The van der Waals surface area contributed by atoms with Gasteiger partial charge in [-0.1, -0.05) is 60.7 Å². The van der Waals surface area contributed by atoms with Crippen LogP contribution in [0.15, 0.2) is 60.7 Å². The van der Waals surface area contributed by atoms with Crippen molar-refractivity contribution in [1.29, 1.82) is 0 Å². The third-order valence-corrected chi connectivity index (χ3v) is 5.11. The monoisotopic (exact) mass is 380 g/mol. The number of nitrogens with zero attached hydrogens (tertiary/aromatic N) is 1. The second-order valence-corrected chi connectivity index (χ2v) is 7.08. The third kappa shape index (κ3) is 4.39. The molecule has 2 amide bonds. The molecule has 1 aliphatic heterocycles. The number of carboxylic acid groups (broad SMARTS) is 1. The van der Waals surface area contributed by atoms with Gasteiger partial charge in [-0.15, -0.1) is 0 Å². The predicted octanol–water partition coefficient (Wildman–Crippen LogP) is 2.76. The highest BCUT2D eigenvalue weighted by Gasteiger charge is 2.41. The van der Waals surface area contributed by atoms with Gasteiger partial charge in [0.15, 0.2) is 0 Å². The van der Waals surface area contributed by atoms with E-state index in [1.807, 2.05) is 60.7 Å². The van der Waals surface area contributed by atoms with Gasteiger partial charge in [0, 0.05) is 13.0 Å². The topological polar surface area (TPSA) is 86.7 Å². The quantitative estimate of drug-likeness (QED) is 0.807. The van der Waals surface area contributed by atoms with E-state index in [-0.39, 0.29) is 18.2 Å². The maximum atomic E-state index is 12.9. The minimum absolute atomic E-state index is 0.00645. The summed E-state index contributed by atoms with van der Waals surface area (Å²) in [5.41, 5.74) is 1.85. The van der Waals surface area contributed by atoms with E-state index >= 15 is 0 Å². The minimum Gasteiger partial charge on any atom is -0.480 e. The first-order chi connectivity index (χ1) is 13.5. The van der Waals surface area contributed by atoms with Crippen molar-refractivity contribution in [2.75, 3.05) is 0 Å². The lowest BCUT2D eigenvalue weighted by Gasteiger charge is -2.41. The Balaban J connectivity index is 1.93. The zero-order chi connectivity index (χ0) is 20.1. The summed E-state index contributed by atoms with van der Waals surface area (Å²) in [7, 11) is 0. The van der Waals surface area contributed by atoms with Crippen LogP contribution in [-0.4, -0.2) is 33.8 Å². The smallest absolute Gasteiger partial charge is 0.325 e. The largest absolute Gasteiger partial charge is 0.480 e. The van der Waals surface area contributed by atoms with Gasteiger partial charge < -0.3 is 15.3 Å². The summed E-state index contributed by atoms with van der Waals surface area (Å²) in [5, 5.41) is 11.7. The number of carboxylic acids is 1. The van der Waals surface area contributed by atoms with Crippen LogP contribution < -0.4 is 5.32 Å². The van der Waals surface area contributed by atoms with Gasteiger partial charge in [0.1, 0.15) is 6.04 Å². The Bertz CT molecular complexity index is 838. The average molecular weight is 380 g/mol. The number of carbonyl (C=O) groups is 3. The standard InChI is InChI=1S/C22H24N2O4/c1-15(22(27)28)23-21(26)18-12-13-19(25)24(14-16-8-4-2-5-9-16)20(18)17-10-6-3-7-11-17/h2-11,15,18,20H,12-14H2,1H3,(H,23,26)(H,27,28)/t15-,18?,20?/m0/s1. The molecule has 0 saturated carbocycles. The molecule has 0 bridgehead atoms. The van der Waals surface area contributed by atoms with Crippen molar-refractivity contribution in [3.63, 3.8) is 0 Å². The Labute approximate surface area is 164 Å². The first-order valence-electron chi connectivity index (χ1n) is 9.39. The number of hydrogen-bond acceptors (Lipinski definition) is 3. The fraction of sp³-hybridized carbons (Fsp3) is 0.318. The summed E-state index contributed by atoms with van der Waals surface area (Å²) < 4.78 is 0. The molecule has 2 unspecified atom stereocenters. The SMILES string of the molecule is C[C@H](NC(=O)C1CCC(=O)N(Cc2ccccc2)C1c1ccccc1)C(=O)O. The molecule has 1 aliphatic rings. The van der Waals surface area contributed by atoms with Crippen LogP contribution in [0.2, 0.25) is 0 Å². The third-order valence-electron chi connectivity index (χ3n) is 5.11. The molecule has 1 heterocycles. The Hall–Kier alpha value is -3.15. The average Bonchev–Trinajstić information content (AvgIpc) is 2.70. The van der Waals surface area contributed by atoms with Gasteiger partial charge >= 0.3 is 5.97 Å². The molecule has 3 rings (SSSR count). The summed E-state index contributed by atoms with van der Waals surface area (Å²) >= 11 is 0. The lowest BCUT2D eigenvalue weighted by molar-refractivity contribution is -0.147. The van der Waals surface area contributed by atoms with Crippen molar-refractivity contribution in [3.8, 4) is 0 Å². The summed E-state index contributed by atoms with van der Waals surface area (Å²) in [6, 6.07) is 17.7. The molecule has 3 atom stereocenters. The van der Waals surface area contributed by atoms with E-state index < -0.39 is 24.0 Å². The van der Waals surface area contributed by atoms with Crippen molar-refractivity contribution in [3.05, 3.63) is 71.8 Å². The second kappa shape index (κ2) is 8.69. The van der Waals surface area contributed by atoms with Crippen LogP contribution in [-0.2, 0) is 20.9 Å². The lowest BCUT2D eigenvalue weighted by atomic mass is 9.83. The van der Waals surface area contributed by atoms with Crippen LogP contribution in [0.5, 0.6) is 0 Å². The van der Waals surface area contributed by atoms with Gasteiger partial charge in [0.2, 0.25) is 11.8 Å². The van der Waals surface area contributed by atoms with Crippen LogP contribution in [0.3, 0.4) is 0 Å². The van der Waals surface area contributed by atoms with Gasteiger partial charge in [0.25, 0.3) is 0 Å². The van der Waals surface area contributed by atoms with Crippen molar-refractivity contribution in [1.82, 2.24) is 10.2 Å². The van der Waals surface area contributed by atoms with Gasteiger partial charge in [0.05, 0.1) is 12.0 Å². The van der Waals surface area contributed by atoms with Crippen LogP contribution in [0.4, 0.5) is 0 Å². The van der Waals surface area contributed by atoms with Crippen LogP contribution in [0.1, 0.15) is 36.9 Å². The van der Waals surface area contributed by atoms with Gasteiger partial charge in [-0.05, 0) is 24.5 Å². The lowest BCUT2D eigenvalue weighted by Crippen LogP contribution is -2.50. The number of amides is 2. The molecular formula is C22H24N2O4. The van der Waals surface area contributed by atoms with E-state index in [9.17, 15) is 14.4 Å². The number of nitrogens with one attached hydrogen (secondary N) is 1. The van der Waals surface area contributed by atoms with Crippen molar-refractivity contribution in [2.45, 2.75) is 38.4 Å². The molecule has 0 radical (unpaired) electrons. The van der Waals surface area contributed by atoms with Gasteiger partial charge in [-0.3, -0.25) is 14.4 Å². The maximum Gasteiger partial charge on any atom is 0.325 e. The predicted molar refractivity (Wildman–Crippen MR) is 104 cm³/mol. The van der Waals surface area contributed by atoms with E-state index in [1.54, 1.807) is 4.90 Å². The van der Waals surface area contributed by atoms with Crippen LogP contribution in [0, 0.1) is 5.92 Å². The number of piperidine rings is 1. The van der Waals surface area contributed by atoms with E-state index in [0.717, 1.165) is 11.1 Å². The molecule has 1 fully saturated rings. The molecule has 28 heavy (non-hydrogen) atoms. The molecule has 146 valence electrons. The number of likely N-dealkylation sites (tertiary alicyclic amines) is 1. The second-order valence-electron chi connectivity index (χ2n) is 7.08. The highest BCUT2D eigenvalue weighted by Crippen LogP contribution is 2.38. The minimum atomic E-state index is -1.09. The van der Waals surface area contributed by atoms with E-state index in [2.05, 4.69) is 5.32 Å². The fourth-order valence-corrected chi connectivity index (χ4v) is 3.64. The Morgan fingerprint density at radius 2 is 1.71 bits per heavy atom. The molecular weight excluding hydrogens is 356 g/mol. The normalized spacial score (nSPS) is 20.5. The highest BCUT2D eigenvalue weighted by molar-refractivity contribution is 5.88. The van der Waals surface area contributed by atoms with Crippen LogP contribution >= 0.6 is 0 Å². The van der Waals surface area contributed by atoms with Crippen molar-refractivity contribution in [2.24, 2.45) is 5.92 Å². The Morgan fingerprint density at radius 3 is 2.32 bits per heavy atom. The maximum absolute atomic E-state index is 12.9. The molecule has 2 aromatic rings. The molecule has 6 nitrogen and oxygen atoms in total. The number of carbonyl (C=O) groups excluding carboxylic acids is 2. The van der Waals surface area contributed by atoms with Crippen LogP contribution in [0.25, 0.3) is 0 Å². The number of aliphatic carboxylic acids is 1. The molecule has 0 spiro atoms. The molecule has 0 aliphatic carbocycles. The van der Waals surface area contributed by atoms with E-state index in [4.69, 9.17) is 5.11 Å². The van der Waals surface area contributed by atoms with E-state index in [1.165, 1.54) is 6.92 Å². The van der Waals surface area contributed by atoms with Gasteiger partial charge in [-0.25, -0.2) is 0 Å². The number of rotatable bonds is 6. The molecule has 0 aromatic heterocycles. The first-order valence-corrected chi connectivity index (χ1v) is 9.39. The number of benzene rings is 2. The fourth-order valence-electron chi connectivity index (χ4n) is 3.64. The Morgan fingerprint density at radius 1 is 1.11 bits per heavy atom. The first kappa shape index (κ1) is 19.6. The summed E-state index contributed by atoms with van der Waals surface area (Å²) in [4.78, 5) is 38.6. The molecule has 1 saturated heterocycles. The summed E-state index contributed by atoms with van der Waals surface area (Å²) in [5.74, 6) is -1.94. The summed E-state index contributed by atoms with van der Waals surface area (Å²) in [6.07, 6.45) is 0.650. The molecule has 6 heteroatoms. The Kier molecular flexibility index (Phi) is 6.09. The zero-order valence-electron chi connectivity index (χ0n) is 15.7. The van der Waals surface area contributed by atoms with Gasteiger partial charge in [-0.2, -0.15) is 0 Å². The summed E-state index contributed by atoms with van der Waals surface area (Å²) in [6.45, 7) is 1.84. The van der Waals surface area contributed by atoms with Crippen molar-refractivity contribution >= 4 is 17.8 Å². The van der Waals surface area contributed by atoms with E-state index in [0.29, 0.717) is 13.0 Å². The zero-order valence-corrected chi connectivity index (χ0v) is 15.7. The molecule has 2 N–H and O–H groups in total. The highest BCUT2D eigenvalue weighted by atomic mass is 16.4. The number of hydrogen-bond donors (Lipinski definition) is 2. The van der Waals surface area contributed by atoms with Crippen molar-refractivity contribution < 1.29 is 19.5 Å². The molecule has 2 aromatic carbocycles.